The summed E-state index contributed by atoms with van der Waals surface area (Å²) in [5.41, 5.74) is 0. The lowest BCUT2D eigenvalue weighted by Crippen LogP contribution is -2.27. The molecule has 1 aromatic carbocycles. The van der Waals surface area contributed by atoms with Crippen molar-refractivity contribution in [2.45, 2.75) is 35.7 Å². The third kappa shape index (κ3) is 5.04. The van der Waals surface area contributed by atoms with Crippen LogP contribution in [0.2, 0.25) is 0 Å². The Morgan fingerprint density at radius 3 is 1.95 bits per heavy atom. The fourth-order valence-electron chi connectivity index (χ4n) is 1.56. The summed E-state index contributed by atoms with van der Waals surface area (Å²) in [6, 6.07) is 4.90. The Labute approximate surface area is 125 Å². The van der Waals surface area contributed by atoms with Crippen molar-refractivity contribution in [2.24, 2.45) is 0 Å². The molecular formula is C12H20N2O5S2. The lowest BCUT2D eigenvalue weighted by molar-refractivity contribution is 0.162. The van der Waals surface area contributed by atoms with Gasteiger partial charge in [0, 0.05) is 6.54 Å². The highest BCUT2D eigenvalue weighted by Crippen LogP contribution is 2.14. The zero-order valence-corrected chi connectivity index (χ0v) is 13.5. The van der Waals surface area contributed by atoms with Crippen molar-refractivity contribution < 1.29 is 21.9 Å². The Morgan fingerprint density at radius 1 is 1.05 bits per heavy atom. The van der Waals surface area contributed by atoms with Gasteiger partial charge >= 0.3 is 0 Å². The van der Waals surface area contributed by atoms with Crippen LogP contribution < -0.4 is 9.44 Å². The molecular weight excluding hydrogens is 316 g/mol. The molecule has 0 heterocycles. The molecule has 1 aromatic rings. The van der Waals surface area contributed by atoms with Gasteiger partial charge in [-0.1, -0.05) is 6.92 Å². The van der Waals surface area contributed by atoms with E-state index in [0.29, 0.717) is 12.8 Å². The SMILES string of the molecule is CCC(O)CCNS(=O)(=O)c1ccc(S(=O)(=O)NC)cc1. The molecule has 0 saturated carbocycles. The smallest absolute Gasteiger partial charge is 0.240 e. The average molecular weight is 336 g/mol. The van der Waals surface area contributed by atoms with Gasteiger partial charge in [-0.25, -0.2) is 26.3 Å². The van der Waals surface area contributed by atoms with Crippen molar-refractivity contribution in [3.8, 4) is 0 Å². The van der Waals surface area contributed by atoms with Crippen molar-refractivity contribution in [1.29, 1.82) is 0 Å². The maximum absolute atomic E-state index is 12.0. The first-order chi connectivity index (χ1) is 9.73. The van der Waals surface area contributed by atoms with E-state index < -0.39 is 26.2 Å². The van der Waals surface area contributed by atoms with Crippen LogP contribution in [0.1, 0.15) is 19.8 Å². The van der Waals surface area contributed by atoms with Crippen LogP contribution in [0, 0.1) is 0 Å². The lowest BCUT2D eigenvalue weighted by atomic mass is 10.2. The number of hydrogen-bond acceptors (Lipinski definition) is 5. The molecule has 0 fully saturated rings. The Morgan fingerprint density at radius 2 is 1.52 bits per heavy atom. The van der Waals surface area contributed by atoms with Gasteiger partial charge in [-0.2, -0.15) is 0 Å². The third-order valence-electron chi connectivity index (χ3n) is 2.95. The first-order valence-electron chi connectivity index (χ1n) is 6.44. The number of hydrogen-bond donors (Lipinski definition) is 3. The fourth-order valence-corrected chi connectivity index (χ4v) is 3.34. The highest BCUT2D eigenvalue weighted by atomic mass is 32.2. The molecule has 0 spiro atoms. The molecule has 1 rings (SSSR count). The number of aliphatic hydroxyl groups excluding tert-OH is 1. The van der Waals surface area contributed by atoms with Crippen LogP contribution in [0.25, 0.3) is 0 Å². The summed E-state index contributed by atoms with van der Waals surface area (Å²) in [6.07, 6.45) is 0.330. The first kappa shape index (κ1) is 18.1. The maximum atomic E-state index is 12.0. The highest BCUT2D eigenvalue weighted by molar-refractivity contribution is 7.90. The molecule has 3 N–H and O–H groups in total. The van der Waals surface area contributed by atoms with E-state index in [0.717, 1.165) is 0 Å². The molecule has 0 radical (unpaired) electrons. The molecule has 0 aliphatic carbocycles. The summed E-state index contributed by atoms with van der Waals surface area (Å²) >= 11 is 0. The van der Waals surface area contributed by atoms with Gasteiger partial charge in [0.2, 0.25) is 20.0 Å². The van der Waals surface area contributed by atoms with Crippen LogP contribution in [-0.2, 0) is 20.0 Å². The molecule has 21 heavy (non-hydrogen) atoms. The summed E-state index contributed by atoms with van der Waals surface area (Å²) in [6.45, 7) is 1.92. The number of rotatable bonds is 8. The standard InChI is InChI=1S/C12H20N2O5S2/c1-3-10(15)8-9-14-21(18,19)12-6-4-11(5-7-12)20(16,17)13-2/h4-7,10,13-15H,3,8-9H2,1-2H3. The molecule has 0 amide bonds. The van der Waals surface area contributed by atoms with Gasteiger partial charge in [-0.05, 0) is 44.2 Å². The minimum Gasteiger partial charge on any atom is -0.393 e. The quantitative estimate of drug-likeness (QED) is 0.620. The van der Waals surface area contributed by atoms with Crippen molar-refractivity contribution in [1.82, 2.24) is 9.44 Å². The van der Waals surface area contributed by atoms with Crippen LogP contribution in [0.4, 0.5) is 0 Å². The van der Waals surface area contributed by atoms with Crippen molar-refractivity contribution in [3.63, 3.8) is 0 Å². The van der Waals surface area contributed by atoms with Gasteiger partial charge < -0.3 is 5.11 Å². The van der Waals surface area contributed by atoms with Gasteiger partial charge in [0.15, 0.2) is 0 Å². The predicted molar refractivity (Wildman–Crippen MR) is 78.8 cm³/mol. The second kappa shape index (κ2) is 7.32. The number of aliphatic hydroxyl groups is 1. The fraction of sp³-hybridized carbons (Fsp3) is 0.500. The topological polar surface area (TPSA) is 113 Å². The Kier molecular flexibility index (Phi) is 6.29. The summed E-state index contributed by atoms with van der Waals surface area (Å²) in [5.74, 6) is 0. The largest absolute Gasteiger partial charge is 0.393 e. The normalized spacial score (nSPS) is 14.0. The van der Waals surface area contributed by atoms with E-state index >= 15 is 0 Å². The maximum Gasteiger partial charge on any atom is 0.240 e. The zero-order chi connectivity index (χ0) is 16.1. The molecule has 0 aliphatic heterocycles. The molecule has 9 heteroatoms. The van der Waals surface area contributed by atoms with E-state index in [9.17, 15) is 21.9 Å². The monoisotopic (exact) mass is 336 g/mol. The highest BCUT2D eigenvalue weighted by Gasteiger charge is 2.16. The molecule has 0 aromatic heterocycles. The Bertz CT molecular complexity index is 653. The number of nitrogens with one attached hydrogen (secondary N) is 2. The summed E-state index contributed by atoms with van der Waals surface area (Å²) in [4.78, 5) is -0.0334. The molecule has 1 atom stereocenters. The van der Waals surface area contributed by atoms with E-state index in [4.69, 9.17) is 0 Å². The van der Waals surface area contributed by atoms with Crippen molar-refractivity contribution in [3.05, 3.63) is 24.3 Å². The van der Waals surface area contributed by atoms with Gasteiger partial charge in [0.1, 0.15) is 0 Å². The molecule has 0 saturated heterocycles. The molecule has 0 bridgehead atoms. The van der Waals surface area contributed by atoms with Gasteiger partial charge in [0.25, 0.3) is 0 Å². The summed E-state index contributed by atoms with van der Waals surface area (Å²) in [5, 5.41) is 9.37. The lowest BCUT2D eigenvalue weighted by Gasteiger charge is -2.10. The van der Waals surface area contributed by atoms with Crippen molar-refractivity contribution >= 4 is 20.0 Å². The summed E-state index contributed by atoms with van der Waals surface area (Å²) in [7, 11) is -6.02. The van der Waals surface area contributed by atoms with Crippen LogP contribution >= 0.6 is 0 Å². The van der Waals surface area contributed by atoms with E-state index in [2.05, 4.69) is 9.44 Å². The van der Waals surface area contributed by atoms with Crippen LogP contribution in [0.5, 0.6) is 0 Å². The van der Waals surface area contributed by atoms with E-state index in [1.54, 1.807) is 6.92 Å². The third-order valence-corrected chi connectivity index (χ3v) is 5.86. The minimum absolute atomic E-state index is 0.00893. The van der Waals surface area contributed by atoms with Gasteiger partial charge in [-0.15, -0.1) is 0 Å². The number of sulfonamides is 2. The van der Waals surface area contributed by atoms with E-state index in [1.807, 2.05) is 0 Å². The number of benzene rings is 1. The minimum atomic E-state index is -3.71. The zero-order valence-electron chi connectivity index (χ0n) is 11.9. The molecule has 120 valence electrons. The van der Waals surface area contributed by atoms with Gasteiger partial charge in [-0.3, -0.25) is 0 Å². The molecule has 7 nitrogen and oxygen atoms in total. The Balaban J connectivity index is 2.81. The Hall–Kier alpha value is -1.00. The summed E-state index contributed by atoms with van der Waals surface area (Å²) < 4.78 is 51.5. The van der Waals surface area contributed by atoms with E-state index in [1.165, 1.54) is 31.3 Å². The molecule has 0 aliphatic rings. The second-order valence-electron chi connectivity index (χ2n) is 4.43. The molecule has 1 unspecified atom stereocenters. The van der Waals surface area contributed by atoms with Crippen LogP contribution in [-0.4, -0.2) is 41.6 Å². The van der Waals surface area contributed by atoms with Crippen molar-refractivity contribution in [2.75, 3.05) is 13.6 Å². The van der Waals surface area contributed by atoms with Crippen LogP contribution in [0.15, 0.2) is 34.1 Å². The van der Waals surface area contributed by atoms with Gasteiger partial charge in [0.05, 0.1) is 15.9 Å². The predicted octanol–water partition coefficient (Wildman–Crippen LogP) is 0.0340. The van der Waals surface area contributed by atoms with Crippen LogP contribution in [0.3, 0.4) is 0 Å². The average Bonchev–Trinajstić information content (AvgIpc) is 2.47. The first-order valence-corrected chi connectivity index (χ1v) is 9.41. The second-order valence-corrected chi connectivity index (χ2v) is 8.08. The van der Waals surface area contributed by atoms with E-state index in [-0.39, 0.29) is 16.3 Å².